The molecule has 1 aromatic heterocycles. The number of anilines is 1. The fourth-order valence-electron chi connectivity index (χ4n) is 1.67. The van der Waals surface area contributed by atoms with Gasteiger partial charge in [-0.05, 0) is 12.8 Å². The number of amides is 1. The lowest BCUT2D eigenvalue weighted by molar-refractivity contribution is 0.0998. The summed E-state index contributed by atoms with van der Waals surface area (Å²) in [5.41, 5.74) is 9.16. The third-order valence-electron chi connectivity index (χ3n) is 2.69. The van der Waals surface area contributed by atoms with Crippen molar-refractivity contribution in [2.75, 3.05) is 5.73 Å². The monoisotopic (exact) mass is 224 g/mol. The van der Waals surface area contributed by atoms with Crippen molar-refractivity contribution in [1.82, 2.24) is 9.13 Å². The Morgan fingerprint density at radius 1 is 1.38 bits per heavy atom. The largest absolute Gasteiger partial charge is 0.384 e. The molecule has 1 aliphatic carbocycles. The van der Waals surface area contributed by atoms with Crippen LogP contribution in [-0.4, -0.2) is 15.0 Å². The zero-order chi connectivity index (χ0) is 12.0. The van der Waals surface area contributed by atoms with Crippen LogP contribution in [0.2, 0.25) is 0 Å². The molecule has 0 aromatic carbocycles. The van der Waals surface area contributed by atoms with E-state index in [1.165, 1.54) is 11.6 Å². The van der Waals surface area contributed by atoms with E-state index in [-0.39, 0.29) is 17.4 Å². The minimum absolute atomic E-state index is 0.0163. The van der Waals surface area contributed by atoms with Crippen LogP contribution < -0.4 is 22.7 Å². The zero-order valence-electron chi connectivity index (χ0n) is 8.77. The standard InChI is InChI=1S/C9H12N4O3/c1-12-8(15)5(7(11)14)6(10)13(9(12)16)4-2-3-4/h4H,2-3,10H2,1H3,(H2,11,14). The number of hydrogen-bond acceptors (Lipinski definition) is 4. The molecule has 1 saturated carbocycles. The first-order chi connectivity index (χ1) is 7.45. The van der Waals surface area contributed by atoms with Crippen molar-refractivity contribution in [3.05, 3.63) is 26.4 Å². The Labute approximate surface area is 90.3 Å². The summed E-state index contributed by atoms with van der Waals surface area (Å²) in [7, 11) is 1.30. The lowest BCUT2D eigenvalue weighted by atomic mass is 10.3. The Morgan fingerprint density at radius 3 is 2.38 bits per heavy atom. The number of rotatable bonds is 2. The summed E-state index contributed by atoms with van der Waals surface area (Å²) in [6.07, 6.45) is 1.64. The number of primary amides is 1. The van der Waals surface area contributed by atoms with Gasteiger partial charge in [-0.3, -0.25) is 18.7 Å². The van der Waals surface area contributed by atoms with Gasteiger partial charge in [0.1, 0.15) is 11.4 Å². The molecule has 0 saturated heterocycles. The van der Waals surface area contributed by atoms with Crippen LogP contribution in [0.3, 0.4) is 0 Å². The summed E-state index contributed by atoms with van der Waals surface area (Å²) in [6.45, 7) is 0. The van der Waals surface area contributed by atoms with E-state index in [0.717, 1.165) is 17.4 Å². The Kier molecular flexibility index (Phi) is 2.11. The van der Waals surface area contributed by atoms with Crippen molar-refractivity contribution in [2.24, 2.45) is 12.8 Å². The molecule has 1 aliphatic rings. The molecule has 1 aromatic rings. The number of nitrogens with zero attached hydrogens (tertiary/aromatic N) is 2. The van der Waals surface area contributed by atoms with E-state index in [1.54, 1.807) is 0 Å². The van der Waals surface area contributed by atoms with Gasteiger partial charge in [0.25, 0.3) is 11.5 Å². The van der Waals surface area contributed by atoms with Gasteiger partial charge in [0.15, 0.2) is 0 Å². The van der Waals surface area contributed by atoms with E-state index in [2.05, 4.69) is 0 Å². The van der Waals surface area contributed by atoms with E-state index in [0.29, 0.717) is 0 Å². The SMILES string of the molecule is Cn1c(=O)c(C(N)=O)c(N)n(C2CC2)c1=O. The molecule has 86 valence electrons. The number of nitrogen functional groups attached to an aromatic ring is 1. The van der Waals surface area contributed by atoms with Crippen molar-refractivity contribution >= 4 is 11.7 Å². The number of aromatic nitrogens is 2. The third kappa shape index (κ3) is 1.32. The maximum atomic E-state index is 11.8. The molecule has 0 atom stereocenters. The van der Waals surface area contributed by atoms with Gasteiger partial charge >= 0.3 is 5.69 Å². The third-order valence-corrected chi connectivity index (χ3v) is 2.69. The summed E-state index contributed by atoms with van der Waals surface area (Å²) in [5.74, 6) is -1.03. The van der Waals surface area contributed by atoms with E-state index < -0.39 is 17.2 Å². The van der Waals surface area contributed by atoms with Crippen LogP contribution in [0.4, 0.5) is 5.82 Å². The molecule has 1 heterocycles. The van der Waals surface area contributed by atoms with Crippen molar-refractivity contribution < 1.29 is 4.79 Å². The predicted octanol–water partition coefficient (Wildman–Crippen LogP) is -1.44. The first-order valence-corrected chi connectivity index (χ1v) is 4.86. The van der Waals surface area contributed by atoms with E-state index in [1.807, 2.05) is 0 Å². The van der Waals surface area contributed by atoms with Gasteiger partial charge < -0.3 is 11.5 Å². The zero-order valence-corrected chi connectivity index (χ0v) is 8.77. The van der Waals surface area contributed by atoms with E-state index in [9.17, 15) is 14.4 Å². The summed E-state index contributed by atoms with van der Waals surface area (Å²) >= 11 is 0. The van der Waals surface area contributed by atoms with E-state index in [4.69, 9.17) is 11.5 Å². The highest BCUT2D eigenvalue weighted by atomic mass is 16.2. The van der Waals surface area contributed by atoms with Crippen LogP contribution in [0.15, 0.2) is 9.59 Å². The quantitative estimate of drug-likeness (QED) is 0.640. The normalized spacial score (nSPS) is 15.1. The maximum absolute atomic E-state index is 11.8. The second-order valence-electron chi connectivity index (χ2n) is 3.87. The maximum Gasteiger partial charge on any atom is 0.332 e. The second kappa shape index (κ2) is 3.22. The molecule has 7 nitrogen and oxygen atoms in total. The average Bonchev–Trinajstić information content (AvgIpc) is 2.98. The summed E-state index contributed by atoms with van der Waals surface area (Å²) in [6, 6.07) is -0.0163. The fraction of sp³-hybridized carbons (Fsp3) is 0.444. The number of nitrogens with two attached hydrogens (primary N) is 2. The van der Waals surface area contributed by atoms with Crippen molar-refractivity contribution in [1.29, 1.82) is 0 Å². The molecule has 0 radical (unpaired) electrons. The van der Waals surface area contributed by atoms with Crippen LogP contribution >= 0.6 is 0 Å². The van der Waals surface area contributed by atoms with Gasteiger partial charge in [-0.2, -0.15) is 0 Å². The summed E-state index contributed by atoms with van der Waals surface area (Å²) in [4.78, 5) is 34.5. The molecule has 1 amide bonds. The lowest BCUT2D eigenvalue weighted by Gasteiger charge is -2.12. The first kappa shape index (κ1) is 10.5. The van der Waals surface area contributed by atoms with Crippen LogP contribution in [0.5, 0.6) is 0 Å². The molecule has 0 aliphatic heterocycles. The summed E-state index contributed by atoms with van der Waals surface area (Å²) < 4.78 is 2.12. The van der Waals surface area contributed by atoms with Gasteiger partial charge in [-0.25, -0.2) is 4.79 Å². The smallest absolute Gasteiger partial charge is 0.332 e. The Balaban J connectivity index is 2.87. The number of hydrogen-bond donors (Lipinski definition) is 2. The average molecular weight is 224 g/mol. The van der Waals surface area contributed by atoms with Crippen molar-refractivity contribution in [3.63, 3.8) is 0 Å². The minimum atomic E-state index is -0.910. The minimum Gasteiger partial charge on any atom is -0.384 e. The molecule has 16 heavy (non-hydrogen) atoms. The Hall–Kier alpha value is -2.05. The first-order valence-electron chi connectivity index (χ1n) is 4.86. The lowest BCUT2D eigenvalue weighted by Crippen LogP contribution is -2.43. The van der Waals surface area contributed by atoms with Gasteiger partial charge in [-0.15, -0.1) is 0 Å². The molecule has 0 bridgehead atoms. The molecule has 0 spiro atoms. The molecule has 2 rings (SSSR count). The molecule has 7 heteroatoms. The molecule has 4 N–H and O–H groups in total. The molecular weight excluding hydrogens is 212 g/mol. The van der Waals surface area contributed by atoms with Gasteiger partial charge in [0.05, 0.1) is 0 Å². The van der Waals surface area contributed by atoms with E-state index >= 15 is 0 Å². The molecule has 0 unspecified atom stereocenters. The van der Waals surface area contributed by atoms with Gasteiger partial charge in [0, 0.05) is 13.1 Å². The highest BCUT2D eigenvalue weighted by Gasteiger charge is 2.30. The number of carbonyl (C=O) groups excluding carboxylic acids is 1. The van der Waals surface area contributed by atoms with Gasteiger partial charge in [-0.1, -0.05) is 0 Å². The second-order valence-corrected chi connectivity index (χ2v) is 3.87. The highest BCUT2D eigenvalue weighted by molar-refractivity contribution is 5.96. The van der Waals surface area contributed by atoms with Crippen LogP contribution in [0.25, 0.3) is 0 Å². The highest BCUT2D eigenvalue weighted by Crippen LogP contribution is 2.35. The molecular formula is C9H12N4O3. The van der Waals surface area contributed by atoms with Crippen LogP contribution in [0.1, 0.15) is 29.2 Å². The Bertz CT molecular complexity index is 580. The van der Waals surface area contributed by atoms with Crippen LogP contribution in [0, 0.1) is 0 Å². The molecule has 1 fully saturated rings. The fourth-order valence-corrected chi connectivity index (χ4v) is 1.67. The van der Waals surface area contributed by atoms with Crippen LogP contribution in [-0.2, 0) is 7.05 Å². The topological polar surface area (TPSA) is 113 Å². The number of carbonyl (C=O) groups is 1. The summed E-state index contributed by atoms with van der Waals surface area (Å²) in [5, 5.41) is 0. The van der Waals surface area contributed by atoms with Crippen molar-refractivity contribution in [2.45, 2.75) is 18.9 Å². The predicted molar refractivity (Wildman–Crippen MR) is 57.1 cm³/mol. The van der Waals surface area contributed by atoms with Crippen molar-refractivity contribution in [3.8, 4) is 0 Å². The Morgan fingerprint density at radius 2 is 1.94 bits per heavy atom. The van der Waals surface area contributed by atoms with Gasteiger partial charge in [0.2, 0.25) is 0 Å².